The smallest absolute Gasteiger partial charge is 0.259 e. The van der Waals surface area contributed by atoms with Crippen LogP contribution in [0.5, 0.6) is 0 Å². The van der Waals surface area contributed by atoms with E-state index in [1.54, 1.807) is 29.5 Å². The number of nitrogens with one attached hydrogen (secondary N) is 2. The van der Waals surface area contributed by atoms with E-state index in [-0.39, 0.29) is 17.9 Å². The number of carbonyl (C=O) groups is 1. The van der Waals surface area contributed by atoms with Gasteiger partial charge >= 0.3 is 0 Å². The van der Waals surface area contributed by atoms with E-state index in [1.807, 2.05) is 0 Å². The second-order valence-electron chi connectivity index (χ2n) is 6.58. The lowest BCUT2D eigenvalue weighted by Crippen LogP contribution is -2.16. The molecule has 1 aliphatic carbocycles. The summed E-state index contributed by atoms with van der Waals surface area (Å²) in [5.74, 6) is 0.330. The molecule has 0 radical (unpaired) electrons. The van der Waals surface area contributed by atoms with Crippen LogP contribution in [0.3, 0.4) is 0 Å². The third-order valence-corrected chi connectivity index (χ3v) is 6.40. The predicted molar refractivity (Wildman–Crippen MR) is 110 cm³/mol. The fraction of sp³-hybridized carbons (Fsp3) is 0.316. The highest BCUT2D eigenvalue weighted by Gasteiger charge is 2.20. The Morgan fingerprint density at radius 1 is 1.26 bits per heavy atom. The van der Waals surface area contributed by atoms with Gasteiger partial charge in [0.15, 0.2) is 0 Å². The van der Waals surface area contributed by atoms with Gasteiger partial charge in [-0.15, -0.1) is 11.3 Å². The Bertz CT molecular complexity index is 1090. The van der Waals surface area contributed by atoms with E-state index in [4.69, 9.17) is 23.2 Å². The van der Waals surface area contributed by atoms with Gasteiger partial charge in [-0.25, -0.2) is 4.98 Å². The summed E-state index contributed by atoms with van der Waals surface area (Å²) in [6.45, 7) is 0. The zero-order chi connectivity index (χ0) is 19.0. The van der Waals surface area contributed by atoms with Gasteiger partial charge in [0.2, 0.25) is 5.91 Å². The van der Waals surface area contributed by atoms with Crippen LogP contribution in [-0.4, -0.2) is 15.9 Å². The van der Waals surface area contributed by atoms with Crippen LogP contribution < -0.4 is 10.9 Å². The molecule has 0 saturated heterocycles. The molecular formula is C19H17Cl2N3O2S. The van der Waals surface area contributed by atoms with E-state index >= 15 is 0 Å². The molecule has 0 aliphatic heterocycles. The minimum Gasteiger partial charge on any atom is -0.325 e. The summed E-state index contributed by atoms with van der Waals surface area (Å²) in [6, 6.07) is 4.89. The largest absolute Gasteiger partial charge is 0.325 e. The molecule has 0 unspecified atom stereocenters. The number of amides is 1. The van der Waals surface area contributed by atoms with Crippen LogP contribution in [-0.2, 0) is 24.1 Å². The second-order valence-corrected chi connectivity index (χ2v) is 8.50. The number of anilines is 1. The third-order valence-electron chi connectivity index (χ3n) is 4.67. The Labute approximate surface area is 169 Å². The van der Waals surface area contributed by atoms with Crippen molar-refractivity contribution in [3.8, 4) is 0 Å². The summed E-state index contributed by atoms with van der Waals surface area (Å²) in [4.78, 5) is 34.2. The average molecular weight is 422 g/mol. The van der Waals surface area contributed by atoms with Crippen LogP contribution in [0.4, 0.5) is 5.69 Å². The number of aromatic amines is 1. The highest BCUT2D eigenvalue weighted by Crippen LogP contribution is 2.33. The number of rotatable bonds is 4. The lowest BCUT2D eigenvalue weighted by molar-refractivity contribution is -0.116. The number of aryl methyl sites for hydroxylation is 3. The molecule has 1 aliphatic rings. The molecule has 1 amide bonds. The van der Waals surface area contributed by atoms with Crippen LogP contribution in [0.1, 0.15) is 35.5 Å². The summed E-state index contributed by atoms with van der Waals surface area (Å²) in [6.07, 6.45) is 4.80. The van der Waals surface area contributed by atoms with Crippen molar-refractivity contribution in [3.63, 3.8) is 0 Å². The summed E-state index contributed by atoms with van der Waals surface area (Å²) in [5, 5.41) is 4.37. The number of nitrogens with zero attached hydrogens (tertiary/aromatic N) is 1. The molecule has 2 aromatic heterocycles. The number of hydrogen-bond acceptors (Lipinski definition) is 4. The normalized spacial score (nSPS) is 13.6. The Balaban J connectivity index is 1.48. The van der Waals surface area contributed by atoms with Crippen LogP contribution >= 0.6 is 34.5 Å². The molecule has 1 aromatic carbocycles. The lowest BCUT2D eigenvalue weighted by Gasteiger charge is -2.09. The molecule has 2 heterocycles. The number of carbonyl (C=O) groups excluding carboxylic acids is 1. The number of thiophene rings is 1. The zero-order valence-corrected chi connectivity index (χ0v) is 16.7. The maximum Gasteiger partial charge on any atom is 0.259 e. The summed E-state index contributed by atoms with van der Waals surface area (Å²) >= 11 is 13.5. The molecule has 5 nitrogen and oxygen atoms in total. The molecule has 3 aromatic rings. The van der Waals surface area contributed by atoms with Crippen LogP contribution in [0.2, 0.25) is 10.0 Å². The number of aromatic nitrogens is 2. The first-order chi connectivity index (χ1) is 13.0. The molecular weight excluding hydrogens is 405 g/mol. The molecule has 0 fully saturated rings. The first kappa shape index (κ1) is 18.5. The molecule has 8 heteroatoms. The molecule has 0 spiro atoms. The SMILES string of the molecule is O=C(CCc1nc2sc3c(c2c(=O)[nH]1)CCCC3)Nc1ccc(Cl)cc1Cl. The van der Waals surface area contributed by atoms with Crippen molar-refractivity contribution >= 4 is 56.3 Å². The Hall–Kier alpha value is -1.89. The van der Waals surface area contributed by atoms with E-state index < -0.39 is 0 Å². The van der Waals surface area contributed by atoms with Gasteiger partial charge in [0.25, 0.3) is 5.56 Å². The van der Waals surface area contributed by atoms with Crippen molar-refractivity contribution in [2.24, 2.45) is 0 Å². The van der Waals surface area contributed by atoms with Crippen molar-refractivity contribution in [2.75, 3.05) is 5.32 Å². The minimum atomic E-state index is -0.201. The lowest BCUT2D eigenvalue weighted by atomic mass is 9.97. The average Bonchev–Trinajstić information content (AvgIpc) is 3.01. The third kappa shape index (κ3) is 3.88. The van der Waals surface area contributed by atoms with Crippen LogP contribution in [0, 0.1) is 0 Å². The molecule has 0 atom stereocenters. The van der Waals surface area contributed by atoms with E-state index in [0.29, 0.717) is 28.0 Å². The molecule has 0 bridgehead atoms. The Morgan fingerprint density at radius 3 is 2.89 bits per heavy atom. The Morgan fingerprint density at radius 2 is 2.07 bits per heavy atom. The summed E-state index contributed by atoms with van der Waals surface area (Å²) in [5.41, 5.74) is 1.57. The van der Waals surface area contributed by atoms with Crippen molar-refractivity contribution in [1.29, 1.82) is 0 Å². The predicted octanol–water partition coefficient (Wildman–Crippen LogP) is 4.74. The molecule has 140 valence electrons. The molecule has 27 heavy (non-hydrogen) atoms. The summed E-state index contributed by atoms with van der Waals surface area (Å²) in [7, 11) is 0. The topological polar surface area (TPSA) is 74.8 Å². The first-order valence-electron chi connectivity index (χ1n) is 8.79. The minimum absolute atomic E-state index is 0.101. The highest BCUT2D eigenvalue weighted by atomic mass is 35.5. The number of fused-ring (bicyclic) bond motifs is 3. The first-order valence-corrected chi connectivity index (χ1v) is 10.4. The second kappa shape index (κ2) is 7.62. The van der Waals surface area contributed by atoms with Crippen LogP contribution in [0.15, 0.2) is 23.0 Å². The van der Waals surface area contributed by atoms with E-state index in [2.05, 4.69) is 15.3 Å². The molecule has 0 saturated carbocycles. The van der Waals surface area contributed by atoms with Crippen molar-refractivity contribution < 1.29 is 4.79 Å². The molecule has 2 N–H and O–H groups in total. The Kier molecular flexibility index (Phi) is 5.21. The van der Waals surface area contributed by atoms with Gasteiger partial charge in [0.1, 0.15) is 10.7 Å². The maximum atomic E-state index is 12.5. The fourth-order valence-corrected chi connectivity index (χ4v) is 5.10. The van der Waals surface area contributed by atoms with Gasteiger partial charge < -0.3 is 10.3 Å². The quantitative estimate of drug-likeness (QED) is 0.638. The number of halogens is 2. The molecule has 4 rings (SSSR count). The number of H-pyrrole nitrogens is 1. The van der Waals surface area contributed by atoms with E-state index in [9.17, 15) is 9.59 Å². The summed E-state index contributed by atoms with van der Waals surface area (Å²) < 4.78 is 0. The van der Waals surface area contributed by atoms with Gasteiger partial charge in [0.05, 0.1) is 16.1 Å². The van der Waals surface area contributed by atoms with Crippen molar-refractivity contribution in [3.05, 3.63) is 54.9 Å². The monoisotopic (exact) mass is 421 g/mol. The highest BCUT2D eigenvalue weighted by molar-refractivity contribution is 7.18. The van der Waals surface area contributed by atoms with Gasteiger partial charge in [-0.1, -0.05) is 23.2 Å². The van der Waals surface area contributed by atoms with Crippen molar-refractivity contribution in [2.45, 2.75) is 38.5 Å². The van der Waals surface area contributed by atoms with Gasteiger partial charge in [-0.05, 0) is 49.4 Å². The zero-order valence-electron chi connectivity index (χ0n) is 14.4. The van der Waals surface area contributed by atoms with Gasteiger partial charge in [-0.3, -0.25) is 9.59 Å². The maximum absolute atomic E-state index is 12.5. The van der Waals surface area contributed by atoms with E-state index in [0.717, 1.165) is 41.5 Å². The van der Waals surface area contributed by atoms with Crippen molar-refractivity contribution in [1.82, 2.24) is 9.97 Å². The number of benzene rings is 1. The standard InChI is InChI=1S/C19H17Cl2N3O2S/c20-10-5-6-13(12(21)9-10)22-16(25)8-7-15-23-18(26)17-11-3-1-2-4-14(11)27-19(17)24-15/h5-6,9H,1-4,7-8H2,(H,22,25)(H,23,24,26). The van der Waals surface area contributed by atoms with Gasteiger partial charge in [0, 0.05) is 22.7 Å². The van der Waals surface area contributed by atoms with Crippen LogP contribution in [0.25, 0.3) is 10.2 Å². The van der Waals surface area contributed by atoms with Gasteiger partial charge in [-0.2, -0.15) is 0 Å². The van der Waals surface area contributed by atoms with E-state index in [1.165, 1.54) is 4.88 Å². The number of hydrogen-bond donors (Lipinski definition) is 2. The fourth-order valence-electron chi connectivity index (χ4n) is 3.36.